The van der Waals surface area contributed by atoms with Gasteiger partial charge in [-0.1, -0.05) is 0 Å². The van der Waals surface area contributed by atoms with E-state index in [-0.39, 0.29) is 11.3 Å². The van der Waals surface area contributed by atoms with E-state index in [0.717, 1.165) is 19.5 Å². The molecule has 5 heteroatoms. The Morgan fingerprint density at radius 2 is 2.06 bits per heavy atom. The first-order chi connectivity index (χ1) is 7.44. The molecular weight excluding hydrogens is 208 g/mol. The van der Waals surface area contributed by atoms with Gasteiger partial charge in [0.1, 0.15) is 0 Å². The van der Waals surface area contributed by atoms with Crippen molar-refractivity contribution in [2.75, 3.05) is 33.2 Å². The van der Waals surface area contributed by atoms with Gasteiger partial charge < -0.3 is 14.9 Å². The molecule has 2 atom stereocenters. The lowest BCUT2D eigenvalue weighted by Gasteiger charge is -2.26. The van der Waals surface area contributed by atoms with Gasteiger partial charge in [-0.3, -0.25) is 9.59 Å². The van der Waals surface area contributed by atoms with Crippen molar-refractivity contribution in [2.24, 2.45) is 11.3 Å². The van der Waals surface area contributed by atoms with Crippen LogP contribution in [0.2, 0.25) is 0 Å². The second-order valence-electron chi connectivity index (χ2n) is 5.14. The second-order valence-corrected chi connectivity index (χ2v) is 5.14. The lowest BCUT2D eigenvalue weighted by Crippen LogP contribution is -2.37. The summed E-state index contributed by atoms with van der Waals surface area (Å²) in [5.41, 5.74) is -0.216. The van der Waals surface area contributed by atoms with Gasteiger partial charge in [-0.2, -0.15) is 0 Å². The fourth-order valence-electron chi connectivity index (χ4n) is 3.07. The average molecular weight is 226 g/mol. The first-order valence-electron chi connectivity index (χ1n) is 5.61. The van der Waals surface area contributed by atoms with Gasteiger partial charge in [0.25, 0.3) is 0 Å². The number of rotatable bonds is 1. The first kappa shape index (κ1) is 11.4. The molecule has 2 aliphatic heterocycles. The molecule has 2 rings (SSSR count). The summed E-state index contributed by atoms with van der Waals surface area (Å²) in [4.78, 5) is 26.5. The van der Waals surface area contributed by atoms with Gasteiger partial charge in [0.05, 0.1) is 5.92 Å². The number of hydrogen-bond donors (Lipinski definition) is 1. The number of aliphatic carboxylic acids is 1. The van der Waals surface area contributed by atoms with Crippen LogP contribution in [-0.2, 0) is 9.59 Å². The number of hydrogen-bond acceptors (Lipinski definition) is 3. The number of nitrogens with zero attached hydrogens (tertiary/aromatic N) is 2. The van der Waals surface area contributed by atoms with Crippen molar-refractivity contribution in [1.82, 2.24) is 9.80 Å². The monoisotopic (exact) mass is 226 g/mol. The van der Waals surface area contributed by atoms with Gasteiger partial charge in [-0.15, -0.1) is 0 Å². The molecule has 0 bridgehead atoms. The van der Waals surface area contributed by atoms with E-state index in [4.69, 9.17) is 0 Å². The molecule has 1 amide bonds. The van der Waals surface area contributed by atoms with Crippen LogP contribution in [0.1, 0.15) is 13.3 Å². The van der Waals surface area contributed by atoms with Crippen molar-refractivity contribution in [3.63, 3.8) is 0 Å². The summed E-state index contributed by atoms with van der Waals surface area (Å²) in [5.74, 6) is -1.18. The van der Waals surface area contributed by atoms with E-state index < -0.39 is 11.9 Å². The number of carbonyl (C=O) groups excluding carboxylic acids is 1. The molecule has 0 aromatic carbocycles. The average Bonchev–Trinajstić information content (AvgIpc) is 2.72. The van der Waals surface area contributed by atoms with E-state index in [2.05, 4.69) is 4.90 Å². The summed E-state index contributed by atoms with van der Waals surface area (Å²) in [6.07, 6.45) is 0.879. The van der Waals surface area contributed by atoms with Crippen LogP contribution in [0.5, 0.6) is 0 Å². The highest BCUT2D eigenvalue weighted by Gasteiger charge is 2.53. The van der Waals surface area contributed by atoms with E-state index in [1.165, 1.54) is 6.92 Å². The Morgan fingerprint density at radius 1 is 1.38 bits per heavy atom. The molecule has 2 fully saturated rings. The molecule has 0 aromatic heterocycles. The topological polar surface area (TPSA) is 60.9 Å². The zero-order chi connectivity index (χ0) is 11.9. The zero-order valence-corrected chi connectivity index (χ0v) is 9.77. The summed E-state index contributed by atoms with van der Waals surface area (Å²) >= 11 is 0. The molecule has 2 unspecified atom stereocenters. The zero-order valence-electron chi connectivity index (χ0n) is 9.77. The number of likely N-dealkylation sites (tertiary alicyclic amines) is 2. The van der Waals surface area contributed by atoms with Gasteiger partial charge in [0.15, 0.2) is 0 Å². The standard InChI is InChI=1S/C11H18N2O3/c1-8(14)13-5-9(10(15)16)11(7-13)3-4-12(2)6-11/h9H,3-7H2,1-2H3,(H,15,16). The maximum Gasteiger partial charge on any atom is 0.308 e. The lowest BCUT2D eigenvalue weighted by atomic mass is 9.77. The molecule has 16 heavy (non-hydrogen) atoms. The summed E-state index contributed by atoms with van der Waals surface area (Å²) in [5, 5.41) is 9.27. The molecule has 1 spiro atoms. The van der Waals surface area contributed by atoms with Gasteiger partial charge in [0, 0.05) is 32.0 Å². The molecule has 5 nitrogen and oxygen atoms in total. The fraction of sp³-hybridized carbons (Fsp3) is 0.818. The van der Waals surface area contributed by atoms with Gasteiger partial charge in [-0.05, 0) is 20.0 Å². The Hall–Kier alpha value is -1.10. The highest BCUT2D eigenvalue weighted by atomic mass is 16.4. The predicted molar refractivity (Wildman–Crippen MR) is 57.9 cm³/mol. The van der Waals surface area contributed by atoms with Crippen molar-refractivity contribution in [1.29, 1.82) is 0 Å². The summed E-state index contributed by atoms with van der Waals surface area (Å²) < 4.78 is 0. The Morgan fingerprint density at radius 3 is 2.50 bits per heavy atom. The number of carboxylic acids is 1. The van der Waals surface area contributed by atoms with Crippen LogP contribution in [-0.4, -0.2) is 60.0 Å². The third kappa shape index (κ3) is 1.69. The third-order valence-electron chi connectivity index (χ3n) is 3.97. The number of carboxylic acid groups (broad SMARTS) is 1. The van der Waals surface area contributed by atoms with Crippen LogP contribution < -0.4 is 0 Å². The van der Waals surface area contributed by atoms with E-state index in [1.54, 1.807) is 4.90 Å². The molecular formula is C11H18N2O3. The molecule has 0 radical (unpaired) electrons. The Kier molecular flexibility index (Phi) is 2.66. The van der Waals surface area contributed by atoms with Gasteiger partial charge >= 0.3 is 5.97 Å². The highest BCUT2D eigenvalue weighted by molar-refractivity contribution is 5.77. The minimum absolute atomic E-state index is 0.0160. The van der Waals surface area contributed by atoms with Gasteiger partial charge in [-0.25, -0.2) is 0 Å². The second kappa shape index (κ2) is 3.73. The van der Waals surface area contributed by atoms with Crippen LogP contribution >= 0.6 is 0 Å². The molecule has 2 aliphatic rings. The summed E-state index contributed by atoms with van der Waals surface area (Å²) in [6.45, 7) is 4.20. The van der Waals surface area contributed by atoms with E-state index >= 15 is 0 Å². The van der Waals surface area contributed by atoms with Crippen molar-refractivity contribution < 1.29 is 14.7 Å². The molecule has 2 saturated heterocycles. The van der Waals surface area contributed by atoms with E-state index in [9.17, 15) is 14.7 Å². The number of carbonyl (C=O) groups is 2. The molecule has 1 N–H and O–H groups in total. The molecule has 2 heterocycles. The summed E-state index contributed by atoms with van der Waals surface area (Å²) in [7, 11) is 2.00. The molecule has 90 valence electrons. The minimum Gasteiger partial charge on any atom is -0.481 e. The number of amides is 1. The lowest BCUT2D eigenvalue weighted by molar-refractivity contribution is -0.144. The maximum absolute atomic E-state index is 11.4. The van der Waals surface area contributed by atoms with E-state index in [0.29, 0.717) is 13.1 Å². The van der Waals surface area contributed by atoms with Crippen molar-refractivity contribution >= 4 is 11.9 Å². The Balaban J connectivity index is 2.22. The highest BCUT2D eigenvalue weighted by Crippen LogP contribution is 2.43. The predicted octanol–water partition coefficient (Wildman–Crippen LogP) is -0.129. The largest absolute Gasteiger partial charge is 0.481 e. The molecule has 0 saturated carbocycles. The minimum atomic E-state index is -0.765. The Labute approximate surface area is 95.0 Å². The smallest absolute Gasteiger partial charge is 0.308 e. The van der Waals surface area contributed by atoms with Crippen LogP contribution in [0.4, 0.5) is 0 Å². The van der Waals surface area contributed by atoms with Crippen molar-refractivity contribution in [3.05, 3.63) is 0 Å². The maximum atomic E-state index is 11.4. The molecule has 0 aromatic rings. The van der Waals surface area contributed by atoms with Crippen LogP contribution in [0.3, 0.4) is 0 Å². The normalized spacial score (nSPS) is 34.9. The van der Waals surface area contributed by atoms with Crippen LogP contribution in [0, 0.1) is 11.3 Å². The molecule has 0 aliphatic carbocycles. The summed E-state index contributed by atoms with van der Waals surface area (Å²) in [6, 6.07) is 0. The quantitative estimate of drug-likeness (QED) is 0.676. The first-order valence-corrected chi connectivity index (χ1v) is 5.61. The van der Waals surface area contributed by atoms with Crippen molar-refractivity contribution in [3.8, 4) is 0 Å². The fourth-order valence-corrected chi connectivity index (χ4v) is 3.07. The van der Waals surface area contributed by atoms with E-state index in [1.807, 2.05) is 7.05 Å². The third-order valence-corrected chi connectivity index (χ3v) is 3.97. The SMILES string of the molecule is CC(=O)N1CC(C(=O)O)C2(CCN(C)C2)C1. The van der Waals surface area contributed by atoms with Crippen LogP contribution in [0.25, 0.3) is 0 Å². The van der Waals surface area contributed by atoms with Crippen LogP contribution in [0.15, 0.2) is 0 Å². The Bertz CT molecular complexity index is 331. The van der Waals surface area contributed by atoms with Gasteiger partial charge in [0.2, 0.25) is 5.91 Å². The van der Waals surface area contributed by atoms with Crippen molar-refractivity contribution in [2.45, 2.75) is 13.3 Å².